The number of unbranched alkanes of at least 4 members (excludes halogenated alkanes) is 2. The van der Waals surface area contributed by atoms with Crippen LogP contribution in [0.15, 0.2) is 11.6 Å². The minimum atomic E-state index is -0.0596. The van der Waals surface area contributed by atoms with Gasteiger partial charge in [0.1, 0.15) is 6.61 Å². The second-order valence-corrected chi connectivity index (χ2v) is 10.4. The molecule has 0 saturated carbocycles. The molecule has 0 aromatic rings. The monoisotopic (exact) mass is 472 g/mol. The van der Waals surface area contributed by atoms with E-state index < -0.39 is 0 Å². The maximum absolute atomic E-state index is 11.7. The predicted molar refractivity (Wildman–Crippen MR) is 132 cm³/mol. The van der Waals surface area contributed by atoms with Crippen LogP contribution >= 0.6 is 15.9 Å². The highest BCUT2D eigenvalue weighted by molar-refractivity contribution is 9.09. The van der Waals surface area contributed by atoms with Crippen molar-refractivity contribution in [3.05, 3.63) is 11.6 Å². The van der Waals surface area contributed by atoms with Crippen LogP contribution in [0.4, 0.5) is 0 Å². The molecule has 0 N–H and O–H groups in total. The summed E-state index contributed by atoms with van der Waals surface area (Å²) in [7, 11) is 0. The Morgan fingerprint density at radius 2 is 1.38 bits per heavy atom. The lowest BCUT2D eigenvalue weighted by Crippen LogP contribution is -2.04. The number of carbonyl (C=O) groups is 1. The smallest absolute Gasteiger partial charge is 0.306 e. The fourth-order valence-corrected chi connectivity index (χ4v) is 4.10. The van der Waals surface area contributed by atoms with Crippen molar-refractivity contribution in [2.24, 2.45) is 17.8 Å². The summed E-state index contributed by atoms with van der Waals surface area (Å²) in [6, 6.07) is 0. The van der Waals surface area contributed by atoms with Gasteiger partial charge in [-0.15, -0.1) is 0 Å². The van der Waals surface area contributed by atoms with Gasteiger partial charge in [0.25, 0.3) is 0 Å². The van der Waals surface area contributed by atoms with E-state index in [0.717, 1.165) is 48.8 Å². The van der Waals surface area contributed by atoms with Gasteiger partial charge >= 0.3 is 5.97 Å². The van der Waals surface area contributed by atoms with Crippen molar-refractivity contribution in [2.75, 3.05) is 11.9 Å². The summed E-state index contributed by atoms with van der Waals surface area (Å²) >= 11 is 3.41. The molecule has 0 saturated heterocycles. The number of alkyl halides is 1. The number of hydrogen-bond donors (Lipinski definition) is 0. The Labute approximate surface area is 190 Å². The van der Waals surface area contributed by atoms with Crippen LogP contribution in [0.2, 0.25) is 0 Å². The quantitative estimate of drug-likeness (QED) is 0.0810. The van der Waals surface area contributed by atoms with Crippen LogP contribution in [0, 0.1) is 17.8 Å². The van der Waals surface area contributed by atoms with Crippen molar-refractivity contribution in [1.82, 2.24) is 0 Å². The van der Waals surface area contributed by atoms with Gasteiger partial charge in [-0.25, -0.2) is 0 Å². The minimum Gasteiger partial charge on any atom is -0.461 e. The van der Waals surface area contributed by atoms with E-state index in [-0.39, 0.29) is 5.97 Å². The average Bonchev–Trinajstić information content (AvgIpc) is 2.65. The van der Waals surface area contributed by atoms with E-state index in [1.807, 2.05) is 0 Å². The molecule has 2 atom stereocenters. The highest BCUT2D eigenvalue weighted by Crippen LogP contribution is 2.22. The van der Waals surface area contributed by atoms with E-state index in [9.17, 15) is 4.79 Å². The molecular weight excluding hydrogens is 424 g/mol. The van der Waals surface area contributed by atoms with Crippen molar-refractivity contribution in [2.45, 2.75) is 118 Å². The summed E-state index contributed by atoms with van der Waals surface area (Å²) in [5, 5.41) is 1.01. The molecule has 0 fully saturated rings. The van der Waals surface area contributed by atoms with Gasteiger partial charge < -0.3 is 4.74 Å². The number of ether oxygens (including phenoxy) is 1. The molecule has 0 rings (SSSR count). The number of rotatable bonds is 19. The molecule has 0 heterocycles. The fourth-order valence-electron chi connectivity index (χ4n) is 3.70. The molecular formula is C26H49BrO2. The molecule has 2 nitrogen and oxygen atoms in total. The normalized spacial score (nSPS) is 14.2. The minimum absolute atomic E-state index is 0.0596. The highest BCUT2D eigenvalue weighted by atomic mass is 79.9. The van der Waals surface area contributed by atoms with E-state index in [2.05, 4.69) is 56.6 Å². The van der Waals surface area contributed by atoms with Crippen molar-refractivity contribution >= 4 is 21.9 Å². The largest absolute Gasteiger partial charge is 0.461 e. The molecule has 0 aliphatic rings. The molecule has 0 spiro atoms. The lowest BCUT2D eigenvalue weighted by molar-refractivity contribution is -0.142. The third-order valence-corrected chi connectivity index (χ3v) is 6.39. The van der Waals surface area contributed by atoms with Gasteiger partial charge in [0.15, 0.2) is 0 Å². The zero-order chi connectivity index (χ0) is 21.9. The maximum Gasteiger partial charge on any atom is 0.306 e. The molecule has 3 heteroatoms. The van der Waals surface area contributed by atoms with Crippen LogP contribution < -0.4 is 0 Å². The summed E-state index contributed by atoms with van der Waals surface area (Å²) in [5.41, 5.74) is 1.35. The molecule has 0 bridgehead atoms. The maximum atomic E-state index is 11.7. The van der Waals surface area contributed by atoms with Crippen LogP contribution in [-0.2, 0) is 9.53 Å². The van der Waals surface area contributed by atoms with Crippen LogP contribution in [0.5, 0.6) is 0 Å². The number of hydrogen-bond acceptors (Lipinski definition) is 2. The highest BCUT2D eigenvalue weighted by Gasteiger charge is 2.07. The molecule has 29 heavy (non-hydrogen) atoms. The summed E-state index contributed by atoms with van der Waals surface area (Å²) < 4.78 is 5.31. The number of halogens is 1. The Bertz CT molecular complexity index is 417. The molecule has 0 aromatic carbocycles. The molecule has 0 radical (unpaired) electrons. The Balaban J connectivity index is 3.67. The zero-order valence-corrected chi connectivity index (χ0v) is 21.7. The molecule has 0 aliphatic carbocycles. The zero-order valence-electron chi connectivity index (χ0n) is 20.1. The first kappa shape index (κ1) is 28.7. The van der Waals surface area contributed by atoms with Crippen molar-refractivity contribution < 1.29 is 9.53 Å². The van der Waals surface area contributed by atoms with E-state index in [1.54, 1.807) is 0 Å². The topological polar surface area (TPSA) is 26.3 Å². The number of esters is 1. The van der Waals surface area contributed by atoms with Crippen molar-refractivity contribution in [3.8, 4) is 0 Å². The van der Waals surface area contributed by atoms with Gasteiger partial charge in [0.2, 0.25) is 0 Å². The third kappa shape index (κ3) is 20.7. The Kier molecular flexibility index (Phi) is 19.4. The summed E-state index contributed by atoms with van der Waals surface area (Å²) in [6.07, 6.45) is 17.8. The second-order valence-electron chi connectivity index (χ2n) is 9.59. The van der Waals surface area contributed by atoms with Gasteiger partial charge in [0, 0.05) is 11.8 Å². The van der Waals surface area contributed by atoms with E-state index in [4.69, 9.17) is 4.74 Å². The first-order valence-corrected chi connectivity index (χ1v) is 13.3. The standard InChI is InChI=1S/C26H49BrO2/c1-22(2)12-9-13-23(3)14-10-15-24(4)16-11-17-25(5)19-21-29-26(28)18-7-6-8-20-27/h19,22-24H,6-18,20-21H2,1-5H3. The Morgan fingerprint density at radius 1 is 0.793 bits per heavy atom. The first-order valence-electron chi connectivity index (χ1n) is 12.2. The van der Waals surface area contributed by atoms with Gasteiger partial charge in [-0.1, -0.05) is 101 Å². The van der Waals surface area contributed by atoms with Crippen LogP contribution in [0.3, 0.4) is 0 Å². The van der Waals surface area contributed by atoms with Crippen LogP contribution in [0.25, 0.3) is 0 Å². The van der Waals surface area contributed by atoms with Crippen molar-refractivity contribution in [3.63, 3.8) is 0 Å². The van der Waals surface area contributed by atoms with E-state index >= 15 is 0 Å². The molecule has 172 valence electrons. The summed E-state index contributed by atoms with van der Waals surface area (Å²) in [6.45, 7) is 12.1. The van der Waals surface area contributed by atoms with Gasteiger partial charge in [-0.05, 0) is 56.4 Å². The Hall–Kier alpha value is -0.310. The Morgan fingerprint density at radius 3 is 1.97 bits per heavy atom. The SMILES string of the molecule is CC(=CCOC(=O)CCCCCBr)CCCC(C)CCCC(C)CCCC(C)C. The number of allylic oxidation sites excluding steroid dienone is 1. The van der Waals surface area contributed by atoms with E-state index in [0.29, 0.717) is 13.0 Å². The number of carbonyl (C=O) groups excluding carboxylic acids is 1. The second kappa shape index (κ2) is 19.6. The third-order valence-electron chi connectivity index (χ3n) is 5.83. The predicted octanol–water partition coefficient (Wildman–Crippen LogP) is 8.87. The van der Waals surface area contributed by atoms with Gasteiger partial charge in [-0.2, -0.15) is 0 Å². The average molecular weight is 474 g/mol. The molecule has 0 amide bonds. The fraction of sp³-hybridized carbons (Fsp3) is 0.885. The van der Waals surface area contributed by atoms with Crippen LogP contribution in [-0.4, -0.2) is 17.9 Å². The van der Waals surface area contributed by atoms with Gasteiger partial charge in [-0.3, -0.25) is 4.79 Å². The molecule has 0 aliphatic heterocycles. The first-order chi connectivity index (χ1) is 13.8. The van der Waals surface area contributed by atoms with Gasteiger partial charge in [0.05, 0.1) is 0 Å². The molecule has 2 unspecified atom stereocenters. The van der Waals surface area contributed by atoms with Crippen LogP contribution in [0.1, 0.15) is 118 Å². The van der Waals surface area contributed by atoms with Crippen molar-refractivity contribution in [1.29, 1.82) is 0 Å². The summed E-state index contributed by atoms with van der Waals surface area (Å²) in [5.74, 6) is 2.50. The lowest BCUT2D eigenvalue weighted by Gasteiger charge is -2.15. The van der Waals surface area contributed by atoms with E-state index in [1.165, 1.54) is 56.9 Å². The molecule has 0 aromatic heterocycles. The summed E-state index contributed by atoms with van der Waals surface area (Å²) in [4.78, 5) is 11.7. The lowest BCUT2D eigenvalue weighted by atomic mass is 9.91.